The summed E-state index contributed by atoms with van der Waals surface area (Å²) < 4.78 is 5.06. The minimum Gasteiger partial charge on any atom is -0.481 e. The lowest BCUT2D eigenvalue weighted by atomic mass is 10.1. The quantitative estimate of drug-likeness (QED) is 0.780. The third kappa shape index (κ3) is 4.14. The van der Waals surface area contributed by atoms with E-state index >= 15 is 0 Å². The zero-order chi connectivity index (χ0) is 12.6. The zero-order valence-corrected chi connectivity index (χ0v) is 11.1. The monoisotopic (exact) mass is 250 g/mol. The number of hydrogen-bond acceptors (Lipinski definition) is 5. The van der Waals surface area contributed by atoms with Gasteiger partial charge in [-0.3, -0.25) is 0 Å². The summed E-state index contributed by atoms with van der Waals surface area (Å²) in [5.41, 5.74) is 0. The highest BCUT2D eigenvalue weighted by atomic mass is 16.5. The molecule has 1 fully saturated rings. The van der Waals surface area contributed by atoms with E-state index in [2.05, 4.69) is 20.2 Å². The molecule has 18 heavy (non-hydrogen) atoms. The minimum absolute atomic E-state index is 0.600. The van der Waals surface area contributed by atoms with E-state index in [4.69, 9.17) is 4.74 Å². The minimum atomic E-state index is 0.600. The molecule has 1 aliphatic heterocycles. The smallest absolute Gasteiger partial charge is 0.225 e. The van der Waals surface area contributed by atoms with Crippen LogP contribution < -0.4 is 10.1 Å². The molecule has 0 aromatic carbocycles. The summed E-state index contributed by atoms with van der Waals surface area (Å²) in [6, 6.07) is 1.75. The number of piperidine rings is 1. The molecule has 1 aromatic rings. The SMILES string of the molecule is COc1ccnc(NCCCN2CCCCC2)n1. The van der Waals surface area contributed by atoms with Crippen molar-refractivity contribution in [2.75, 3.05) is 38.6 Å². The van der Waals surface area contributed by atoms with Crippen molar-refractivity contribution in [1.82, 2.24) is 14.9 Å². The van der Waals surface area contributed by atoms with E-state index in [1.807, 2.05) is 0 Å². The maximum absolute atomic E-state index is 5.06. The van der Waals surface area contributed by atoms with E-state index in [9.17, 15) is 0 Å². The summed E-state index contributed by atoms with van der Waals surface area (Å²) in [6.07, 6.45) is 6.94. The normalized spacial score (nSPS) is 16.5. The molecule has 5 nitrogen and oxygen atoms in total. The van der Waals surface area contributed by atoms with Crippen LogP contribution in [-0.2, 0) is 0 Å². The first-order chi connectivity index (χ1) is 8.88. The van der Waals surface area contributed by atoms with Crippen molar-refractivity contribution < 1.29 is 4.74 Å². The largest absolute Gasteiger partial charge is 0.481 e. The van der Waals surface area contributed by atoms with Crippen molar-refractivity contribution in [3.8, 4) is 5.88 Å². The van der Waals surface area contributed by atoms with Gasteiger partial charge in [-0.25, -0.2) is 4.98 Å². The molecule has 1 saturated heterocycles. The lowest BCUT2D eigenvalue weighted by Gasteiger charge is -2.26. The van der Waals surface area contributed by atoms with Crippen LogP contribution in [0.15, 0.2) is 12.3 Å². The van der Waals surface area contributed by atoms with Gasteiger partial charge < -0.3 is 15.0 Å². The van der Waals surface area contributed by atoms with Crippen LogP contribution in [0.3, 0.4) is 0 Å². The second-order valence-electron chi connectivity index (χ2n) is 4.61. The standard InChI is InChI=1S/C13H22N4O/c1-18-12-6-8-15-13(16-12)14-7-5-11-17-9-3-2-4-10-17/h6,8H,2-5,7,9-11H2,1H3,(H,14,15,16). The van der Waals surface area contributed by atoms with E-state index < -0.39 is 0 Å². The van der Waals surface area contributed by atoms with Crippen molar-refractivity contribution in [2.45, 2.75) is 25.7 Å². The summed E-state index contributed by atoms with van der Waals surface area (Å²) in [6.45, 7) is 4.59. The number of nitrogens with zero attached hydrogens (tertiary/aromatic N) is 3. The van der Waals surface area contributed by atoms with Crippen LogP contribution in [0.1, 0.15) is 25.7 Å². The maximum atomic E-state index is 5.06. The Morgan fingerprint density at radius 3 is 2.94 bits per heavy atom. The molecular formula is C13H22N4O. The summed E-state index contributed by atoms with van der Waals surface area (Å²) in [5.74, 6) is 1.25. The molecule has 0 radical (unpaired) electrons. The number of hydrogen-bond donors (Lipinski definition) is 1. The Balaban J connectivity index is 1.65. The number of ether oxygens (including phenoxy) is 1. The summed E-state index contributed by atoms with van der Waals surface area (Å²) in [5, 5.41) is 3.23. The highest BCUT2D eigenvalue weighted by Crippen LogP contribution is 2.09. The Hall–Kier alpha value is -1.36. The fourth-order valence-electron chi connectivity index (χ4n) is 2.23. The third-order valence-corrected chi connectivity index (χ3v) is 3.22. The summed E-state index contributed by atoms with van der Waals surface area (Å²) >= 11 is 0. The molecule has 5 heteroatoms. The summed E-state index contributed by atoms with van der Waals surface area (Å²) in [4.78, 5) is 10.9. The molecule has 0 atom stereocenters. The molecule has 0 amide bonds. The molecular weight excluding hydrogens is 228 g/mol. The van der Waals surface area contributed by atoms with Crippen LogP contribution in [-0.4, -0.2) is 48.2 Å². The molecule has 0 unspecified atom stereocenters. The first-order valence-electron chi connectivity index (χ1n) is 6.72. The first kappa shape index (κ1) is 13.1. The number of nitrogens with one attached hydrogen (secondary N) is 1. The topological polar surface area (TPSA) is 50.3 Å². The molecule has 0 bridgehead atoms. The van der Waals surface area contributed by atoms with Crippen molar-refractivity contribution in [1.29, 1.82) is 0 Å². The molecule has 1 aliphatic rings. The molecule has 100 valence electrons. The number of methoxy groups -OCH3 is 1. The number of likely N-dealkylation sites (tertiary alicyclic amines) is 1. The average Bonchev–Trinajstić information content (AvgIpc) is 2.45. The molecule has 0 spiro atoms. The Labute approximate surface area is 109 Å². The fourth-order valence-corrected chi connectivity index (χ4v) is 2.23. The van der Waals surface area contributed by atoms with Crippen LogP contribution in [0.25, 0.3) is 0 Å². The lowest BCUT2D eigenvalue weighted by molar-refractivity contribution is 0.228. The highest BCUT2D eigenvalue weighted by molar-refractivity contribution is 5.26. The van der Waals surface area contributed by atoms with E-state index in [0.29, 0.717) is 11.8 Å². The number of aromatic nitrogens is 2. The van der Waals surface area contributed by atoms with Gasteiger partial charge >= 0.3 is 0 Å². The van der Waals surface area contributed by atoms with Gasteiger partial charge in [-0.2, -0.15) is 4.98 Å². The van der Waals surface area contributed by atoms with Crippen molar-refractivity contribution >= 4 is 5.95 Å². The Morgan fingerprint density at radius 1 is 1.33 bits per heavy atom. The van der Waals surface area contributed by atoms with Crippen LogP contribution in [0, 0.1) is 0 Å². The van der Waals surface area contributed by atoms with Gasteiger partial charge in [0.05, 0.1) is 7.11 Å². The number of rotatable bonds is 6. The zero-order valence-electron chi connectivity index (χ0n) is 11.1. The van der Waals surface area contributed by atoms with Crippen LogP contribution in [0.5, 0.6) is 5.88 Å². The van der Waals surface area contributed by atoms with Crippen LogP contribution in [0.4, 0.5) is 5.95 Å². The Bertz CT molecular complexity index is 353. The van der Waals surface area contributed by atoms with E-state index in [-0.39, 0.29) is 0 Å². The van der Waals surface area contributed by atoms with Crippen LogP contribution in [0.2, 0.25) is 0 Å². The second-order valence-corrected chi connectivity index (χ2v) is 4.61. The van der Waals surface area contributed by atoms with Crippen LogP contribution >= 0.6 is 0 Å². The summed E-state index contributed by atoms with van der Waals surface area (Å²) in [7, 11) is 1.61. The van der Waals surface area contributed by atoms with Gasteiger partial charge in [-0.1, -0.05) is 6.42 Å². The van der Waals surface area contributed by atoms with Crippen molar-refractivity contribution in [3.63, 3.8) is 0 Å². The maximum Gasteiger partial charge on any atom is 0.225 e. The predicted octanol–water partition coefficient (Wildman–Crippen LogP) is 1.77. The van der Waals surface area contributed by atoms with Gasteiger partial charge in [0.1, 0.15) is 0 Å². The van der Waals surface area contributed by atoms with E-state index in [1.54, 1.807) is 19.4 Å². The third-order valence-electron chi connectivity index (χ3n) is 3.22. The molecule has 2 rings (SSSR count). The van der Waals surface area contributed by atoms with Crippen molar-refractivity contribution in [2.24, 2.45) is 0 Å². The molecule has 0 saturated carbocycles. The van der Waals surface area contributed by atoms with Crippen molar-refractivity contribution in [3.05, 3.63) is 12.3 Å². The average molecular weight is 250 g/mol. The molecule has 1 aromatic heterocycles. The van der Waals surface area contributed by atoms with Gasteiger partial charge in [-0.05, 0) is 38.9 Å². The van der Waals surface area contributed by atoms with Gasteiger partial charge in [0.2, 0.25) is 11.8 Å². The Kier molecular flexibility index (Phi) is 5.20. The molecule has 2 heterocycles. The predicted molar refractivity (Wildman–Crippen MR) is 72.0 cm³/mol. The van der Waals surface area contributed by atoms with Gasteiger partial charge in [0.15, 0.2) is 0 Å². The van der Waals surface area contributed by atoms with Gasteiger partial charge in [0, 0.05) is 18.8 Å². The van der Waals surface area contributed by atoms with Gasteiger partial charge in [0.25, 0.3) is 0 Å². The fraction of sp³-hybridized carbons (Fsp3) is 0.692. The molecule has 0 aliphatic carbocycles. The van der Waals surface area contributed by atoms with Gasteiger partial charge in [-0.15, -0.1) is 0 Å². The first-order valence-corrected chi connectivity index (χ1v) is 6.72. The Morgan fingerprint density at radius 2 is 2.17 bits per heavy atom. The highest BCUT2D eigenvalue weighted by Gasteiger charge is 2.08. The molecule has 1 N–H and O–H groups in total. The van der Waals surface area contributed by atoms with E-state index in [0.717, 1.165) is 19.5 Å². The second kappa shape index (κ2) is 7.16. The lowest BCUT2D eigenvalue weighted by Crippen LogP contribution is -2.31. The number of anilines is 1. The van der Waals surface area contributed by atoms with E-state index in [1.165, 1.54) is 32.4 Å².